The minimum Gasteiger partial charge on any atom is -0.357 e. The van der Waals surface area contributed by atoms with Crippen molar-refractivity contribution in [1.29, 1.82) is 0 Å². The number of aliphatic imine (C=N–C) groups is 1. The second-order valence-corrected chi connectivity index (χ2v) is 6.54. The van der Waals surface area contributed by atoms with Gasteiger partial charge in [0.1, 0.15) is 11.6 Å². The molecule has 138 valence electrons. The number of guanidine groups is 1. The Morgan fingerprint density at radius 1 is 1.28 bits per heavy atom. The van der Waals surface area contributed by atoms with Crippen molar-refractivity contribution < 1.29 is 8.78 Å². The van der Waals surface area contributed by atoms with Crippen molar-refractivity contribution in [2.45, 2.75) is 26.8 Å². The Morgan fingerprint density at radius 2 is 1.96 bits per heavy atom. The molecule has 0 saturated heterocycles. The molecule has 2 rings (SSSR count). The first kappa shape index (κ1) is 21.8. The molecule has 0 amide bonds. The van der Waals surface area contributed by atoms with Gasteiger partial charge in [0, 0.05) is 31.6 Å². The molecular weight excluding hydrogens is 457 g/mol. The molecule has 0 fully saturated rings. The Kier molecular flexibility index (Phi) is 9.26. The Bertz CT molecular complexity index is 685. The van der Waals surface area contributed by atoms with Gasteiger partial charge in [-0.2, -0.15) is 0 Å². The number of aromatic nitrogens is 1. The maximum absolute atomic E-state index is 13.2. The van der Waals surface area contributed by atoms with E-state index in [-0.39, 0.29) is 24.0 Å². The Hall–Kier alpha value is -1.29. The largest absolute Gasteiger partial charge is 0.357 e. The molecule has 0 atom stereocenters. The molecule has 0 aliphatic rings. The number of rotatable bonds is 6. The lowest BCUT2D eigenvalue weighted by atomic mass is 10.1. The summed E-state index contributed by atoms with van der Waals surface area (Å²) in [4.78, 5) is 11.0. The molecule has 25 heavy (non-hydrogen) atoms. The third-order valence-electron chi connectivity index (χ3n) is 3.35. The summed E-state index contributed by atoms with van der Waals surface area (Å²) in [5, 5.41) is 6.29. The van der Waals surface area contributed by atoms with Crippen LogP contribution in [0.2, 0.25) is 0 Å². The van der Waals surface area contributed by atoms with Crippen LogP contribution in [0.5, 0.6) is 0 Å². The third-order valence-corrected chi connectivity index (χ3v) is 4.17. The van der Waals surface area contributed by atoms with Gasteiger partial charge < -0.3 is 10.2 Å². The van der Waals surface area contributed by atoms with Gasteiger partial charge in [0.25, 0.3) is 0 Å². The highest BCUT2D eigenvalue weighted by atomic mass is 127. The predicted molar refractivity (Wildman–Crippen MR) is 110 cm³/mol. The van der Waals surface area contributed by atoms with Crippen LogP contribution >= 0.6 is 35.3 Å². The van der Waals surface area contributed by atoms with Gasteiger partial charge in [0.2, 0.25) is 0 Å². The summed E-state index contributed by atoms with van der Waals surface area (Å²) in [6.45, 7) is 5.83. The van der Waals surface area contributed by atoms with Crippen LogP contribution in [-0.4, -0.2) is 36.0 Å². The van der Waals surface area contributed by atoms with E-state index in [1.807, 2.05) is 31.2 Å². The van der Waals surface area contributed by atoms with E-state index < -0.39 is 11.6 Å². The van der Waals surface area contributed by atoms with E-state index in [2.05, 4.69) is 15.3 Å². The molecule has 1 aromatic carbocycles. The smallest absolute Gasteiger partial charge is 0.194 e. The van der Waals surface area contributed by atoms with Crippen molar-refractivity contribution in [3.05, 3.63) is 51.5 Å². The standard InChI is InChI=1S/C17H22F2N4S.HI/c1-4-20-17(23(3)10-16-11-24-12(2)22-16)21-6-5-13-7-14(18)9-15(19)8-13;/h7-9,11H,4-6,10H2,1-3H3,(H,20,21);1H. The van der Waals surface area contributed by atoms with Crippen LogP contribution < -0.4 is 5.32 Å². The zero-order chi connectivity index (χ0) is 17.5. The third kappa shape index (κ3) is 7.23. The van der Waals surface area contributed by atoms with Crippen molar-refractivity contribution in [1.82, 2.24) is 15.2 Å². The highest BCUT2D eigenvalue weighted by Crippen LogP contribution is 2.11. The van der Waals surface area contributed by atoms with Gasteiger partial charge in [0.05, 0.1) is 17.2 Å². The van der Waals surface area contributed by atoms with E-state index in [4.69, 9.17) is 0 Å². The quantitative estimate of drug-likeness (QED) is 0.386. The normalized spacial score (nSPS) is 11.2. The Balaban J connectivity index is 0.00000312. The van der Waals surface area contributed by atoms with Crippen molar-refractivity contribution in [3.8, 4) is 0 Å². The van der Waals surface area contributed by atoms with Crippen LogP contribution in [0.15, 0.2) is 28.6 Å². The van der Waals surface area contributed by atoms with Gasteiger partial charge >= 0.3 is 0 Å². The van der Waals surface area contributed by atoms with Crippen molar-refractivity contribution >= 4 is 41.3 Å². The van der Waals surface area contributed by atoms with Gasteiger partial charge in [-0.3, -0.25) is 4.99 Å². The van der Waals surface area contributed by atoms with E-state index in [9.17, 15) is 8.78 Å². The minimum atomic E-state index is -0.558. The van der Waals surface area contributed by atoms with Gasteiger partial charge in [-0.15, -0.1) is 35.3 Å². The monoisotopic (exact) mass is 480 g/mol. The maximum Gasteiger partial charge on any atom is 0.194 e. The summed E-state index contributed by atoms with van der Waals surface area (Å²) < 4.78 is 26.4. The zero-order valence-corrected chi connectivity index (χ0v) is 17.7. The molecule has 4 nitrogen and oxygen atoms in total. The summed E-state index contributed by atoms with van der Waals surface area (Å²) in [5.41, 5.74) is 1.60. The van der Waals surface area contributed by atoms with Crippen LogP contribution in [0.25, 0.3) is 0 Å². The van der Waals surface area contributed by atoms with Gasteiger partial charge in [-0.1, -0.05) is 0 Å². The molecule has 0 bridgehead atoms. The highest BCUT2D eigenvalue weighted by Gasteiger charge is 2.08. The molecule has 8 heteroatoms. The van der Waals surface area contributed by atoms with E-state index in [1.54, 1.807) is 11.3 Å². The van der Waals surface area contributed by atoms with E-state index >= 15 is 0 Å². The maximum atomic E-state index is 13.2. The molecule has 0 aliphatic heterocycles. The van der Waals surface area contributed by atoms with E-state index in [1.165, 1.54) is 12.1 Å². The Labute approximate surface area is 168 Å². The lowest BCUT2D eigenvalue weighted by Crippen LogP contribution is -2.38. The molecular formula is C17H23F2IN4S. The van der Waals surface area contributed by atoms with Crippen LogP contribution in [0.1, 0.15) is 23.2 Å². The fraction of sp³-hybridized carbons (Fsp3) is 0.412. The predicted octanol–water partition coefficient (Wildman–Crippen LogP) is 3.99. The average Bonchev–Trinajstić information content (AvgIpc) is 2.90. The van der Waals surface area contributed by atoms with Gasteiger partial charge in [0.15, 0.2) is 5.96 Å². The molecule has 0 unspecified atom stereocenters. The molecule has 2 aromatic rings. The summed E-state index contributed by atoms with van der Waals surface area (Å²) in [7, 11) is 1.94. The minimum absolute atomic E-state index is 0. The first-order chi connectivity index (χ1) is 11.5. The second-order valence-electron chi connectivity index (χ2n) is 5.48. The number of thiazole rings is 1. The fourth-order valence-corrected chi connectivity index (χ4v) is 2.92. The lowest BCUT2D eigenvalue weighted by Gasteiger charge is -2.21. The van der Waals surface area contributed by atoms with Crippen LogP contribution in [0.3, 0.4) is 0 Å². The van der Waals surface area contributed by atoms with Gasteiger partial charge in [-0.05, 0) is 38.0 Å². The molecule has 0 saturated carbocycles. The number of halogens is 3. The molecule has 1 heterocycles. The van der Waals surface area contributed by atoms with Crippen molar-refractivity contribution in [2.24, 2.45) is 4.99 Å². The fourth-order valence-electron chi connectivity index (χ4n) is 2.31. The SMILES string of the molecule is CCNC(=NCCc1cc(F)cc(F)c1)N(C)Cc1csc(C)n1.I. The summed E-state index contributed by atoms with van der Waals surface area (Å²) in [6, 6.07) is 3.56. The molecule has 1 N–H and O–H groups in total. The average molecular weight is 480 g/mol. The van der Waals surface area contributed by atoms with Crippen molar-refractivity contribution in [2.75, 3.05) is 20.1 Å². The van der Waals surface area contributed by atoms with E-state index in [0.29, 0.717) is 25.1 Å². The number of nitrogens with one attached hydrogen (secondary N) is 1. The molecule has 0 radical (unpaired) electrons. The first-order valence-corrected chi connectivity index (χ1v) is 8.71. The summed E-state index contributed by atoms with van der Waals surface area (Å²) in [6.07, 6.45) is 0.479. The van der Waals surface area contributed by atoms with E-state index in [0.717, 1.165) is 29.3 Å². The zero-order valence-electron chi connectivity index (χ0n) is 14.6. The topological polar surface area (TPSA) is 40.5 Å². The number of nitrogens with zero attached hydrogens (tertiary/aromatic N) is 3. The second kappa shape index (κ2) is 10.6. The van der Waals surface area contributed by atoms with Crippen LogP contribution in [-0.2, 0) is 13.0 Å². The van der Waals surface area contributed by atoms with Crippen LogP contribution in [0.4, 0.5) is 8.78 Å². The Morgan fingerprint density at radius 3 is 2.52 bits per heavy atom. The lowest BCUT2D eigenvalue weighted by molar-refractivity contribution is 0.471. The number of aryl methyl sites for hydroxylation is 1. The first-order valence-electron chi connectivity index (χ1n) is 7.83. The number of benzene rings is 1. The van der Waals surface area contributed by atoms with Crippen molar-refractivity contribution in [3.63, 3.8) is 0 Å². The van der Waals surface area contributed by atoms with Gasteiger partial charge in [-0.25, -0.2) is 13.8 Å². The number of hydrogen-bond donors (Lipinski definition) is 1. The summed E-state index contributed by atoms with van der Waals surface area (Å²) in [5.74, 6) is -0.367. The molecule has 0 spiro atoms. The molecule has 0 aliphatic carbocycles. The van der Waals surface area contributed by atoms with Crippen LogP contribution in [0, 0.1) is 18.6 Å². The number of hydrogen-bond acceptors (Lipinski definition) is 3. The summed E-state index contributed by atoms with van der Waals surface area (Å²) >= 11 is 1.62. The molecule has 1 aromatic heterocycles. The highest BCUT2D eigenvalue weighted by molar-refractivity contribution is 14.0.